The molecule has 0 aromatic heterocycles. The lowest BCUT2D eigenvalue weighted by Crippen LogP contribution is -1.84. The van der Waals surface area contributed by atoms with Gasteiger partial charge < -0.3 is 0 Å². The molecule has 0 saturated heterocycles. The van der Waals surface area contributed by atoms with Crippen molar-refractivity contribution in [1.29, 1.82) is 0 Å². The van der Waals surface area contributed by atoms with E-state index in [4.69, 9.17) is 0 Å². The largest absolute Gasteiger partial charge is 0.0979 e. The molecular weight excluding hydrogens is 632 g/mol. The number of rotatable bonds is 42. The topological polar surface area (TPSA) is 0 Å². The highest BCUT2D eigenvalue weighted by Crippen LogP contribution is 2.17. The molecule has 0 aromatic rings. The van der Waals surface area contributed by atoms with Crippen LogP contribution in [0.15, 0.2) is 0 Å². The molecule has 0 atom stereocenters. The summed E-state index contributed by atoms with van der Waals surface area (Å²) >= 11 is 0. The Kier molecular flexibility index (Phi) is 49.1. The molecule has 0 aromatic carbocycles. The Morgan fingerprint density at radius 2 is 0.373 bits per heavy atom. The summed E-state index contributed by atoms with van der Waals surface area (Å²) in [6.45, 7) is 4.61. The van der Waals surface area contributed by atoms with E-state index in [9.17, 15) is 0 Å². The van der Waals surface area contributed by atoms with E-state index in [1.165, 1.54) is 270 Å². The van der Waals surface area contributed by atoms with Gasteiger partial charge in [-0.1, -0.05) is 294 Å². The van der Waals surface area contributed by atoms with E-state index in [0.29, 0.717) is 8.58 Å². The molecule has 1 heteroatoms. The van der Waals surface area contributed by atoms with Crippen LogP contribution in [-0.4, -0.2) is 0 Å². The van der Waals surface area contributed by atoms with Gasteiger partial charge in [0.05, 0.1) is 0 Å². The van der Waals surface area contributed by atoms with Crippen molar-refractivity contribution in [2.24, 2.45) is 0 Å². The lowest BCUT2D eigenvalue weighted by Gasteiger charge is -2.04. The zero-order valence-corrected chi connectivity index (χ0v) is 36.6. The summed E-state index contributed by atoms with van der Waals surface area (Å²) in [5, 5.41) is 0. The van der Waals surface area contributed by atoms with Gasteiger partial charge in [0.15, 0.2) is 0 Å². The molecule has 0 N–H and O–H groups in total. The maximum absolute atomic E-state index is 3.37. The van der Waals surface area contributed by atoms with Crippen LogP contribution in [0.4, 0.5) is 0 Å². The van der Waals surface area contributed by atoms with Crippen LogP contribution in [0, 0.1) is 23.2 Å². The fourth-order valence-corrected chi connectivity index (χ4v) is 8.02. The average molecular weight is 727 g/mol. The fraction of sp³-hybridized carbons (Fsp3) is 0.920. The Bertz CT molecular complexity index is 670. The summed E-state index contributed by atoms with van der Waals surface area (Å²) in [5.74, 6) is 6.74. The van der Waals surface area contributed by atoms with Gasteiger partial charge in [-0.25, -0.2) is 0 Å². The van der Waals surface area contributed by atoms with Gasteiger partial charge in [-0.05, 0) is 12.8 Å². The van der Waals surface area contributed by atoms with E-state index in [-0.39, 0.29) is 0 Å². The Hall–Kier alpha value is -0.450. The van der Waals surface area contributed by atoms with Gasteiger partial charge in [0.2, 0.25) is 0 Å². The van der Waals surface area contributed by atoms with E-state index < -0.39 is 0 Å². The van der Waals surface area contributed by atoms with E-state index in [1.54, 1.807) is 0 Å². The van der Waals surface area contributed by atoms with Crippen LogP contribution in [0.25, 0.3) is 0 Å². The molecule has 0 bridgehead atoms. The molecule has 0 aliphatic rings. The molecule has 300 valence electrons. The highest BCUT2D eigenvalue weighted by Gasteiger charge is 1.97. The van der Waals surface area contributed by atoms with Crippen LogP contribution in [0.2, 0.25) is 0 Å². The molecular formula is C50H95P. The summed E-state index contributed by atoms with van der Waals surface area (Å²) < 4.78 is 0. The Labute approximate surface area is 327 Å². The predicted octanol–water partition coefficient (Wildman–Crippen LogP) is 18.8. The van der Waals surface area contributed by atoms with Gasteiger partial charge in [-0.3, -0.25) is 0 Å². The third-order valence-corrected chi connectivity index (χ3v) is 11.7. The second-order valence-corrected chi connectivity index (χ2v) is 17.1. The first kappa shape index (κ1) is 50.5. The molecule has 0 spiro atoms. The zero-order chi connectivity index (χ0) is 36.6. The van der Waals surface area contributed by atoms with Gasteiger partial charge in [0.1, 0.15) is 0 Å². The molecule has 0 aliphatic heterocycles. The van der Waals surface area contributed by atoms with Crippen LogP contribution in [0.3, 0.4) is 0 Å². The first-order chi connectivity index (χ1) is 25.4. The lowest BCUT2D eigenvalue weighted by atomic mass is 10.0. The molecule has 0 saturated carbocycles. The molecule has 0 radical (unpaired) electrons. The highest BCUT2D eigenvalue weighted by atomic mass is 31.1. The minimum atomic E-state index is 0.530. The molecule has 0 fully saturated rings. The van der Waals surface area contributed by atoms with Crippen molar-refractivity contribution in [2.45, 2.75) is 296 Å². The Morgan fingerprint density at radius 1 is 0.216 bits per heavy atom. The second kappa shape index (κ2) is 49.6. The third-order valence-electron chi connectivity index (χ3n) is 11.1. The van der Waals surface area contributed by atoms with Crippen molar-refractivity contribution in [3.63, 3.8) is 0 Å². The first-order valence-corrected chi connectivity index (χ1v) is 25.1. The highest BCUT2D eigenvalue weighted by molar-refractivity contribution is 7.49. The number of hydrogen-bond donors (Lipinski definition) is 0. The number of unbranched alkanes of at least 4 members (excludes halogenated alkanes) is 42. The molecule has 0 amide bonds. The van der Waals surface area contributed by atoms with Gasteiger partial charge in [0.25, 0.3) is 0 Å². The lowest BCUT2D eigenvalue weighted by molar-refractivity contribution is 0.520. The van der Waals surface area contributed by atoms with Crippen LogP contribution in [0.1, 0.15) is 296 Å². The van der Waals surface area contributed by atoms with Crippen LogP contribution >= 0.6 is 8.58 Å². The normalized spacial score (nSPS) is 11.0. The molecule has 0 aliphatic carbocycles. The van der Waals surface area contributed by atoms with Crippen molar-refractivity contribution in [2.75, 3.05) is 0 Å². The SMILES string of the molecule is CCCCCCCCCCCCCCCCCCCCCCCC#CPC#CCCCCCCCCCCCCCCCCCCCCCCC. The molecule has 0 heterocycles. The summed E-state index contributed by atoms with van der Waals surface area (Å²) in [6.07, 6.45) is 62.9. The summed E-state index contributed by atoms with van der Waals surface area (Å²) in [7, 11) is 0.530. The quantitative estimate of drug-likeness (QED) is 0.0334. The molecule has 0 rings (SSSR count). The third kappa shape index (κ3) is 49.5. The van der Waals surface area contributed by atoms with Crippen LogP contribution < -0.4 is 0 Å². The summed E-state index contributed by atoms with van der Waals surface area (Å²) in [4.78, 5) is 0. The summed E-state index contributed by atoms with van der Waals surface area (Å²) in [5.41, 5.74) is 6.63. The van der Waals surface area contributed by atoms with Crippen LogP contribution in [-0.2, 0) is 0 Å². The molecule has 51 heavy (non-hydrogen) atoms. The van der Waals surface area contributed by atoms with E-state index in [1.807, 2.05) is 0 Å². The minimum Gasteiger partial charge on any atom is -0.0979 e. The van der Waals surface area contributed by atoms with Crippen molar-refractivity contribution in [3.05, 3.63) is 0 Å². The monoisotopic (exact) mass is 727 g/mol. The second-order valence-electron chi connectivity index (χ2n) is 16.4. The van der Waals surface area contributed by atoms with E-state index in [0.717, 1.165) is 12.8 Å². The first-order valence-electron chi connectivity index (χ1n) is 24.1. The van der Waals surface area contributed by atoms with Gasteiger partial charge in [-0.15, -0.1) is 0 Å². The average Bonchev–Trinajstić information content (AvgIpc) is 3.14. The van der Waals surface area contributed by atoms with E-state index >= 15 is 0 Å². The smallest absolute Gasteiger partial charge is 0.0358 e. The maximum Gasteiger partial charge on any atom is 0.0358 e. The van der Waals surface area contributed by atoms with Crippen molar-refractivity contribution < 1.29 is 0 Å². The van der Waals surface area contributed by atoms with Crippen molar-refractivity contribution >= 4 is 8.58 Å². The van der Waals surface area contributed by atoms with Gasteiger partial charge in [-0.2, -0.15) is 0 Å². The minimum absolute atomic E-state index is 0.530. The van der Waals surface area contributed by atoms with Crippen molar-refractivity contribution in [1.82, 2.24) is 0 Å². The van der Waals surface area contributed by atoms with Gasteiger partial charge >= 0.3 is 0 Å². The van der Waals surface area contributed by atoms with E-state index in [2.05, 4.69) is 37.0 Å². The fourth-order valence-electron chi connectivity index (χ4n) is 7.54. The predicted molar refractivity (Wildman–Crippen MR) is 238 cm³/mol. The molecule has 0 nitrogen and oxygen atoms in total. The van der Waals surface area contributed by atoms with Crippen molar-refractivity contribution in [3.8, 4) is 23.2 Å². The number of hydrogen-bond acceptors (Lipinski definition) is 0. The summed E-state index contributed by atoms with van der Waals surface area (Å²) in [6, 6.07) is 0. The molecule has 0 unspecified atom stereocenters. The Balaban J connectivity index is 3.18. The maximum atomic E-state index is 3.37. The van der Waals surface area contributed by atoms with Gasteiger partial charge in [0, 0.05) is 21.4 Å². The Morgan fingerprint density at radius 3 is 0.549 bits per heavy atom. The standard InChI is InChI=1S/C50H95P/c1-3-5-7-9-11-13-15-17-19-21-23-25-27-29-31-33-35-37-39-41-43-45-47-49-51-50-48-46-44-42-40-38-36-34-32-30-28-26-24-22-20-18-16-14-12-10-8-6-4-2/h51H,3-46H2,1-2H3. The van der Waals surface area contributed by atoms with Crippen LogP contribution in [0.5, 0.6) is 0 Å². The zero-order valence-electron chi connectivity index (χ0n) is 35.6.